The van der Waals surface area contributed by atoms with Crippen LogP contribution in [0.5, 0.6) is 0 Å². The lowest BCUT2D eigenvalue weighted by molar-refractivity contribution is 0.172. The summed E-state index contributed by atoms with van der Waals surface area (Å²) in [5, 5.41) is 0.840. The molecule has 0 spiro atoms. The fraction of sp³-hybridized carbons (Fsp3) is 0.714. The molecule has 1 aliphatic carbocycles. The number of hydrogen-bond donors (Lipinski definition) is 0. The van der Waals surface area contributed by atoms with Crippen LogP contribution in [0.2, 0.25) is 5.02 Å². The van der Waals surface area contributed by atoms with Crippen LogP contribution in [0.15, 0.2) is 24.3 Å². The molecule has 3 rings (SSSR count). The van der Waals surface area contributed by atoms with Gasteiger partial charge in [-0.3, -0.25) is 0 Å². The van der Waals surface area contributed by atoms with Crippen molar-refractivity contribution in [3.8, 4) is 0 Å². The molecular weight excluding hydrogens is 302 g/mol. The van der Waals surface area contributed by atoms with Crippen molar-refractivity contribution in [1.82, 2.24) is 4.90 Å². The Labute approximate surface area is 147 Å². The molecule has 0 unspecified atom stereocenters. The molecule has 0 amide bonds. The van der Waals surface area contributed by atoms with Crippen LogP contribution in [-0.4, -0.2) is 24.5 Å². The molecule has 2 heteroatoms. The van der Waals surface area contributed by atoms with E-state index in [4.69, 9.17) is 11.6 Å². The molecule has 0 atom stereocenters. The van der Waals surface area contributed by atoms with E-state index >= 15 is 0 Å². The van der Waals surface area contributed by atoms with Crippen molar-refractivity contribution in [2.45, 2.75) is 64.2 Å². The second kappa shape index (κ2) is 9.08. The number of nitrogens with zero attached hydrogens (tertiary/aromatic N) is 1. The molecule has 1 heterocycles. The summed E-state index contributed by atoms with van der Waals surface area (Å²) < 4.78 is 0. The second-order valence-electron chi connectivity index (χ2n) is 7.74. The molecule has 0 radical (unpaired) electrons. The highest BCUT2D eigenvalue weighted by atomic mass is 35.5. The van der Waals surface area contributed by atoms with Crippen LogP contribution < -0.4 is 0 Å². The van der Waals surface area contributed by atoms with Gasteiger partial charge in [-0.1, -0.05) is 68.7 Å². The van der Waals surface area contributed by atoms with Crippen molar-refractivity contribution in [1.29, 1.82) is 0 Å². The fourth-order valence-electron chi connectivity index (χ4n) is 4.38. The van der Waals surface area contributed by atoms with Gasteiger partial charge < -0.3 is 4.90 Å². The molecule has 128 valence electrons. The molecule has 1 nitrogen and oxygen atoms in total. The molecule has 2 fully saturated rings. The molecule has 1 aromatic rings. The van der Waals surface area contributed by atoms with Crippen LogP contribution in [0.25, 0.3) is 0 Å². The quantitative estimate of drug-likeness (QED) is 0.621. The summed E-state index contributed by atoms with van der Waals surface area (Å²) >= 11 is 5.95. The van der Waals surface area contributed by atoms with Gasteiger partial charge in [-0.15, -0.1) is 0 Å². The first-order valence-electron chi connectivity index (χ1n) is 9.76. The standard InChI is InChI=1S/C21H32ClN/c22-21-10-8-19(9-11-21)12-15-23-16-13-20(14-17-23)7-6-18-4-2-1-3-5-18/h8-11,18,20H,1-7,12-17H2. The number of benzene rings is 1. The summed E-state index contributed by atoms with van der Waals surface area (Å²) in [5.41, 5.74) is 1.41. The smallest absolute Gasteiger partial charge is 0.0406 e. The Balaban J connectivity index is 1.31. The SMILES string of the molecule is Clc1ccc(CCN2CCC(CCC3CCCCC3)CC2)cc1. The van der Waals surface area contributed by atoms with Gasteiger partial charge in [0.25, 0.3) is 0 Å². The molecule has 1 saturated carbocycles. The maximum absolute atomic E-state index is 5.95. The zero-order chi connectivity index (χ0) is 15.9. The largest absolute Gasteiger partial charge is 0.303 e. The highest BCUT2D eigenvalue weighted by molar-refractivity contribution is 6.30. The molecule has 1 aliphatic heterocycles. The summed E-state index contributed by atoms with van der Waals surface area (Å²) in [4.78, 5) is 2.66. The summed E-state index contributed by atoms with van der Waals surface area (Å²) in [6.07, 6.45) is 14.5. The van der Waals surface area contributed by atoms with Crippen LogP contribution in [0.3, 0.4) is 0 Å². The first-order chi connectivity index (χ1) is 11.3. The number of hydrogen-bond acceptors (Lipinski definition) is 1. The van der Waals surface area contributed by atoms with Gasteiger partial charge in [0.15, 0.2) is 0 Å². The summed E-state index contributed by atoms with van der Waals surface area (Å²) in [7, 11) is 0. The van der Waals surface area contributed by atoms with Crippen molar-refractivity contribution in [3.63, 3.8) is 0 Å². The third kappa shape index (κ3) is 5.80. The third-order valence-corrected chi connectivity index (χ3v) is 6.30. The molecule has 1 saturated heterocycles. The van der Waals surface area contributed by atoms with E-state index in [1.807, 2.05) is 12.1 Å². The summed E-state index contributed by atoms with van der Waals surface area (Å²) in [5.74, 6) is 2.07. The Hall–Kier alpha value is -0.530. The van der Waals surface area contributed by atoms with E-state index in [1.54, 1.807) is 0 Å². The van der Waals surface area contributed by atoms with E-state index in [0.717, 1.165) is 23.3 Å². The molecule has 0 bridgehead atoms. The molecule has 1 aromatic carbocycles. The average Bonchev–Trinajstić information content (AvgIpc) is 2.61. The Bertz CT molecular complexity index is 441. The topological polar surface area (TPSA) is 3.24 Å². The molecule has 0 N–H and O–H groups in total. The normalized spacial score (nSPS) is 21.6. The van der Waals surface area contributed by atoms with Crippen LogP contribution in [0, 0.1) is 11.8 Å². The van der Waals surface area contributed by atoms with Gasteiger partial charge in [0, 0.05) is 11.6 Å². The van der Waals surface area contributed by atoms with E-state index in [0.29, 0.717) is 0 Å². The van der Waals surface area contributed by atoms with E-state index in [9.17, 15) is 0 Å². The van der Waals surface area contributed by atoms with Gasteiger partial charge in [-0.25, -0.2) is 0 Å². The molecular formula is C21H32ClN. The lowest BCUT2D eigenvalue weighted by Crippen LogP contribution is -2.35. The van der Waals surface area contributed by atoms with E-state index in [1.165, 1.54) is 83.0 Å². The van der Waals surface area contributed by atoms with Crippen LogP contribution in [0.1, 0.15) is 63.4 Å². The third-order valence-electron chi connectivity index (χ3n) is 6.05. The van der Waals surface area contributed by atoms with Crippen molar-refractivity contribution in [2.75, 3.05) is 19.6 Å². The van der Waals surface area contributed by atoms with Crippen LogP contribution in [0.4, 0.5) is 0 Å². The number of rotatable bonds is 6. The van der Waals surface area contributed by atoms with Crippen molar-refractivity contribution < 1.29 is 0 Å². The van der Waals surface area contributed by atoms with Crippen molar-refractivity contribution in [3.05, 3.63) is 34.9 Å². The minimum Gasteiger partial charge on any atom is -0.303 e. The number of halogens is 1. The molecule has 23 heavy (non-hydrogen) atoms. The Morgan fingerprint density at radius 2 is 1.43 bits per heavy atom. The van der Waals surface area contributed by atoms with Crippen LogP contribution >= 0.6 is 11.6 Å². The highest BCUT2D eigenvalue weighted by Crippen LogP contribution is 2.31. The number of piperidine rings is 1. The lowest BCUT2D eigenvalue weighted by atomic mass is 9.82. The Kier molecular flexibility index (Phi) is 6.83. The van der Waals surface area contributed by atoms with Gasteiger partial charge in [0.05, 0.1) is 0 Å². The minimum absolute atomic E-state index is 0.840. The summed E-state index contributed by atoms with van der Waals surface area (Å²) in [6, 6.07) is 8.35. The Morgan fingerprint density at radius 1 is 0.826 bits per heavy atom. The Morgan fingerprint density at radius 3 is 2.09 bits per heavy atom. The first kappa shape index (κ1) is 17.3. The highest BCUT2D eigenvalue weighted by Gasteiger charge is 2.21. The lowest BCUT2D eigenvalue weighted by Gasteiger charge is -2.33. The van der Waals surface area contributed by atoms with Crippen molar-refractivity contribution >= 4 is 11.6 Å². The predicted octanol–water partition coefficient (Wildman–Crippen LogP) is 5.96. The van der Waals surface area contributed by atoms with E-state index in [2.05, 4.69) is 17.0 Å². The van der Waals surface area contributed by atoms with E-state index in [-0.39, 0.29) is 0 Å². The first-order valence-corrected chi connectivity index (χ1v) is 10.1. The summed E-state index contributed by atoms with van der Waals surface area (Å²) in [6.45, 7) is 3.82. The number of likely N-dealkylation sites (tertiary alicyclic amines) is 1. The van der Waals surface area contributed by atoms with Gasteiger partial charge in [0.1, 0.15) is 0 Å². The van der Waals surface area contributed by atoms with Gasteiger partial charge >= 0.3 is 0 Å². The fourth-order valence-corrected chi connectivity index (χ4v) is 4.51. The van der Waals surface area contributed by atoms with Gasteiger partial charge in [0.2, 0.25) is 0 Å². The predicted molar refractivity (Wildman–Crippen MR) is 100 cm³/mol. The monoisotopic (exact) mass is 333 g/mol. The molecule has 2 aliphatic rings. The maximum atomic E-state index is 5.95. The molecule has 0 aromatic heterocycles. The minimum atomic E-state index is 0.840. The maximum Gasteiger partial charge on any atom is 0.0406 e. The zero-order valence-corrected chi connectivity index (χ0v) is 15.2. The zero-order valence-electron chi connectivity index (χ0n) is 14.5. The van der Waals surface area contributed by atoms with Crippen LogP contribution in [-0.2, 0) is 6.42 Å². The average molecular weight is 334 g/mol. The van der Waals surface area contributed by atoms with E-state index < -0.39 is 0 Å². The van der Waals surface area contributed by atoms with Gasteiger partial charge in [-0.2, -0.15) is 0 Å². The van der Waals surface area contributed by atoms with Gasteiger partial charge in [-0.05, 0) is 61.9 Å². The second-order valence-corrected chi connectivity index (χ2v) is 8.18. The van der Waals surface area contributed by atoms with Crippen molar-refractivity contribution in [2.24, 2.45) is 11.8 Å².